The monoisotopic (exact) mass is 474 g/mol. The Morgan fingerprint density at radius 2 is 2.06 bits per heavy atom. The van der Waals surface area contributed by atoms with E-state index >= 15 is 0 Å². The SMILES string of the molecule is C[C@H](c1ccc(Cl)cc1F)N(N)c1cc(N2CCN(C(=O)[C@H]3CCCN3)C[C@@H]2C)ccc1N. The largest absolute Gasteiger partial charge is 0.397 e. The molecule has 7 nitrogen and oxygen atoms in total. The summed E-state index contributed by atoms with van der Waals surface area (Å²) in [7, 11) is 0. The summed E-state index contributed by atoms with van der Waals surface area (Å²) in [6, 6.07) is 9.93. The lowest BCUT2D eigenvalue weighted by Crippen LogP contribution is -2.56. The molecule has 33 heavy (non-hydrogen) atoms. The molecule has 4 rings (SSSR count). The van der Waals surface area contributed by atoms with Crippen molar-refractivity contribution in [3.63, 3.8) is 0 Å². The predicted molar refractivity (Wildman–Crippen MR) is 132 cm³/mol. The van der Waals surface area contributed by atoms with E-state index in [9.17, 15) is 9.18 Å². The molecule has 1 amide bonds. The second-order valence-corrected chi connectivity index (χ2v) is 9.40. The maximum absolute atomic E-state index is 14.5. The number of nitrogen functional groups attached to an aromatic ring is 1. The highest BCUT2D eigenvalue weighted by Crippen LogP contribution is 2.34. The molecule has 2 fully saturated rings. The normalized spacial score (nSPS) is 21.8. The lowest BCUT2D eigenvalue weighted by atomic mass is 10.1. The quantitative estimate of drug-likeness (QED) is 0.350. The topological polar surface area (TPSA) is 90.9 Å². The van der Waals surface area contributed by atoms with Crippen molar-refractivity contribution >= 4 is 34.6 Å². The number of piperazine rings is 1. The van der Waals surface area contributed by atoms with E-state index in [4.69, 9.17) is 23.2 Å². The van der Waals surface area contributed by atoms with Crippen LogP contribution in [0, 0.1) is 5.82 Å². The number of rotatable bonds is 5. The van der Waals surface area contributed by atoms with Gasteiger partial charge in [-0.3, -0.25) is 4.79 Å². The minimum atomic E-state index is -0.453. The lowest BCUT2D eigenvalue weighted by Gasteiger charge is -2.42. The summed E-state index contributed by atoms with van der Waals surface area (Å²) in [5.74, 6) is 6.21. The van der Waals surface area contributed by atoms with E-state index in [-0.39, 0.29) is 18.0 Å². The number of nitrogens with zero attached hydrogens (tertiary/aromatic N) is 3. The number of carbonyl (C=O) groups is 1. The first kappa shape index (κ1) is 23.6. The molecule has 2 heterocycles. The Hall–Kier alpha value is -2.55. The number of benzene rings is 2. The predicted octanol–water partition coefficient (Wildman–Crippen LogP) is 3.29. The van der Waals surface area contributed by atoms with Gasteiger partial charge in [-0.15, -0.1) is 0 Å². The van der Waals surface area contributed by atoms with Gasteiger partial charge in [0.05, 0.1) is 23.5 Å². The number of nitrogens with two attached hydrogens (primary N) is 2. The molecule has 5 N–H and O–H groups in total. The van der Waals surface area contributed by atoms with Crippen LogP contribution in [0.5, 0.6) is 0 Å². The summed E-state index contributed by atoms with van der Waals surface area (Å²) in [5.41, 5.74) is 8.79. The summed E-state index contributed by atoms with van der Waals surface area (Å²) >= 11 is 5.89. The van der Waals surface area contributed by atoms with Crippen molar-refractivity contribution in [3.05, 3.63) is 52.8 Å². The minimum absolute atomic E-state index is 0.0487. The summed E-state index contributed by atoms with van der Waals surface area (Å²) in [6.07, 6.45) is 1.96. The molecule has 0 spiro atoms. The molecular weight excluding hydrogens is 443 g/mol. The van der Waals surface area contributed by atoms with Gasteiger partial charge in [0.2, 0.25) is 5.91 Å². The minimum Gasteiger partial charge on any atom is -0.397 e. The number of hydrogen-bond acceptors (Lipinski definition) is 6. The van der Waals surface area contributed by atoms with E-state index in [0.29, 0.717) is 35.1 Å². The number of carbonyl (C=O) groups excluding carboxylic acids is 1. The van der Waals surface area contributed by atoms with E-state index in [2.05, 4.69) is 17.1 Å². The highest BCUT2D eigenvalue weighted by atomic mass is 35.5. The van der Waals surface area contributed by atoms with Crippen molar-refractivity contribution in [1.29, 1.82) is 0 Å². The maximum Gasteiger partial charge on any atom is 0.239 e. The summed E-state index contributed by atoms with van der Waals surface area (Å²) in [4.78, 5) is 17.0. The van der Waals surface area contributed by atoms with Crippen LogP contribution in [0.1, 0.15) is 38.3 Å². The molecule has 0 unspecified atom stereocenters. The Kier molecular flexibility index (Phi) is 6.97. The van der Waals surface area contributed by atoms with Crippen molar-refractivity contribution in [2.75, 3.05) is 41.8 Å². The molecule has 2 aliphatic heterocycles. The molecule has 2 aromatic carbocycles. The zero-order chi connectivity index (χ0) is 23.7. The van der Waals surface area contributed by atoms with Gasteiger partial charge in [-0.1, -0.05) is 17.7 Å². The number of halogens is 2. The third-order valence-electron chi connectivity index (χ3n) is 6.75. The van der Waals surface area contributed by atoms with E-state index in [0.717, 1.165) is 31.6 Å². The summed E-state index contributed by atoms with van der Waals surface area (Å²) in [5, 5.41) is 5.12. The Balaban J connectivity index is 1.50. The third-order valence-corrected chi connectivity index (χ3v) is 6.99. The standard InChI is InChI=1S/C24H32ClFN6O/c1-15-14-30(24(33)22-4-3-9-29-22)10-11-31(15)18-6-8-21(27)23(13-18)32(28)16(2)19-7-5-17(25)12-20(19)26/h5-8,12-13,15-16,22,29H,3-4,9-11,14,27-28H2,1-2H3/t15-,16+,22+/m0/s1. The molecule has 0 radical (unpaired) electrons. The van der Waals surface area contributed by atoms with Gasteiger partial charge < -0.3 is 25.9 Å². The number of hydrogen-bond donors (Lipinski definition) is 3. The summed E-state index contributed by atoms with van der Waals surface area (Å²) in [6.45, 7) is 6.89. The first-order chi connectivity index (χ1) is 15.8. The molecule has 178 valence electrons. The zero-order valence-electron chi connectivity index (χ0n) is 19.1. The smallest absolute Gasteiger partial charge is 0.239 e. The van der Waals surface area contributed by atoms with Crippen molar-refractivity contribution in [2.45, 2.75) is 44.8 Å². The van der Waals surface area contributed by atoms with Crippen LogP contribution in [-0.4, -0.2) is 49.1 Å². The molecule has 0 aliphatic carbocycles. The first-order valence-corrected chi connectivity index (χ1v) is 11.8. The molecule has 0 aromatic heterocycles. The molecule has 2 saturated heterocycles. The van der Waals surface area contributed by atoms with E-state index in [1.54, 1.807) is 12.1 Å². The molecule has 9 heteroatoms. The van der Waals surface area contributed by atoms with E-state index in [1.165, 1.54) is 11.1 Å². The van der Waals surface area contributed by atoms with Crippen LogP contribution in [-0.2, 0) is 4.79 Å². The summed E-state index contributed by atoms with van der Waals surface area (Å²) < 4.78 is 14.5. The third kappa shape index (κ3) is 4.88. The van der Waals surface area contributed by atoms with Gasteiger partial charge >= 0.3 is 0 Å². The van der Waals surface area contributed by atoms with Gasteiger partial charge in [0.1, 0.15) is 5.82 Å². The van der Waals surface area contributed by atoms with Crippen molar-refractivity contribution < 1.29 is 9.18 Å². The van der Waals surface area contributed by atoms with Gasteiger partial charge in [-0.2, -0.15) is 0 Å². The Labute approximate surface area is 199 Å². The fourth-order valence-corrected chi connectivity index (χ4v) is 4.95. The second-order valence-electron chi connectivity index (χ2n) is 8.97. The number of hydrazine groups is 1. The van der Waals surface area contributed by atoms with Crippen LogP contribution in [0.15, 0.2) is 36.4 Å². The first-order valence-electron chi connectivity index (χ1n) is 11.4. The van der Waals surface area contributed by atoms with Crippen LogP contribution in [0.3, 0.4) is 0 Å². The van der Waals surface area contributed by atoms with Crippen LogP contribution in [0.4, 0.5) is 21.5 Å². The van der Waals surface area contributed by atoms with Crippen molar-refractivity contribution in [1.82, 2.24) is 10.2 Å². The molecule has 0 bridgehead atoms. The van der Waals surface area contributed by atoms with E-state index in [1.807, 2.05) is 30.0 Å². The fourth-order valence-electron chi connectivity index (χ4n) is 4.79. The number of amides is 1. The molecule has 3 atom stereocenters. The Bertz CT molecular complexity index is 1010. The van der Waals surface area contributed by atoms with Crippen LogP contribution < -0.4 is 26.8 Å². The maximum atomic E-state index is 14.5. The second kappa shape index (κ2) is 9.75. The van der Waals surface area contributed by atoms with Gasteiger partial charge in [0, 0.05) is 41.9 Å². The highest BCUT2D eigenvalue weighted by molar-refractivity contribution is 6.30. The zero-order valence-corrected chi connectivity index (χ0v) is 19.9. The molecular formula is C24H32ClFN6O. The van der Waals surface area contributed by atoms with Crippen molar-refractivity contribution in [3.8, 4) is 0 Å². The molecule has 0 saturated carbocycles. The molecule has 2 aromatic rings. The fraction of sp³-hybridized carbons (Fsp3) is 0.458. The van der Waals surface area contributed by atoms with Gasteiger partial charge in [-0.05, 0) is 63.6 Å². The number of anilines is 3. The van der Waals surface area contributed by atoms with Crippen LogP contribution in [0.2, 0.25) is 5.02 Å². The Morgan fingerprint density at radius 3 is 2.73 bits per heavy atom. The van der Waals surface area contributed by atoms with E-state index < -0.39 is 11.9 Å². The van der Waals surface area contributed by atoms with Crippen LogP contribution in [0.25, 0.3) is 0 Å². The molecule has 2 aliphatic rings. The van der Waals surface area contributed by atoms with Gasteiger partial charge in [-0.25, -0.2) is 10.2 Å². The highest BCUT2D eigenvalue weighted by Gasteiger charge is 2.32. The average Bonchev–Trinajstić information content (AvgIpc) is 3.33. The number of nitrogens with one attached hydrogen (secondary N) is 1. The average molecular weight is 475 g/mol. The lowest BCUT2D eigenvalue weighted by molar-refractivity contribution is -0.133. The van der Waals surface area contributed by atoms with Gasteiger partial charge in [0.25, 0.3) is 0 Å². The Morgan fingerprint density at radius 1 is 1.27 bits per heavy atom. The van der Waals surface area contributed by atoms with Gasteiger partial charge in [0.15, 0.2) is 0 Å². The van der Waals surface area contributed by atoms with Crippen LogP contribution >= 0.6 is 11.6 Å². The van der Waals surface area contributed by atoms with Crippen molar-refractivity contribution in [2.24, 2.45) is 5.84 Å².